The summed E-state index contributed by atoms with van der Waals surface area (Å²) in [5.41, 5.74) is 3.47. The summed E-state index contributed by atoms with van der Waals surface area (Å²) in [5.74, 6) is 2.00. The molecule has 0 atom stereocenters. The Balaban J connectivity index is 3.57. The monoisotopic (exact) mass is 444 g/mol. The molecular formula is C26H36O6. The average molecular weight is 445 g/mol. The summed E-state index contributed by atoms with van der Waals surface area (Å²) in [6.45, 7) is 13.5. The number of hydrogen-bond donors (Lipinski definition) is 0. The molecule has 0 unspecified atom stereocenters. The van der Waals surface area contributed by atoms with Crippen molar-refractivity contribution in [2.45, 2.75) is 61.3 Å². The number of ether oxygens (including phenoxy) is 4. The minimum Gasteiger partial charge on any atom is -0.496 e. The van der Waals surface area contributed by atoms with E-state index in [1.807, 2.05) is 39.0 Å². The fraction of sp³-hybridized carbons (Fsp3) is 0.462. The van der Waals surface area contributed by atoms with Crippen LogP contribution in [-0.4, -0.2) is 26.2 Å². The van der Waals surface area contributed by atoms with Crippen LogP contribution in [0.2, 0.25) is 0 Å². The normalized spacial score (nSPS) is 12.1. The van der Waals surface area contributed by atoms with Crippen molar-refractivity contribution < 1.29 is 28.5 Å². The van der Waals surface area contributed by atoms with Crippen molar-refractivity contribution in [2.75, 3.05) is 13.7 Å². The summed E-state index contributed by atoms with van der Waals surface area (Å²) in [7, 11) is 1.64. The van der Waals surface area contributed by atoms with Crippen molar-refractivity contribution in [2.24, 2.45) is 5.92 Å². The highest BCUT2D eigenvalue weighted by Gasteiger charge is 2.19. The van der Waals surface area contributed by atoms with Gasteiger partial charge in [-0.3, -0.25) is 9.59 Å². The topological polar surface area (TPSA) is 71.1 Å². The molecular weight excluding hydrogens is 408 g/mol. The lowest BCUT2D eigenvalue weighted by molar-refractivity contribution is -0.140. The summed E-state index contributed by atoms with van der Waals surface area (Å²) in [6.07, 6.45) is 5.40. The highest BCUT2D eigenvalue weighted by molar-refractivity contribution is 5.66. The zero-order chi connectivity index (χ0) is 24.3. The van der Waals surface area contributed by atoms with Gasteiger partial charge in [-0.2, -0.15) is 0 Å². The van der Waals surface area contributed by atoms with Gasteiger partial charge in [0, 0.05) is 18.1 Å². The second-order valence-electron chi connectivity index (χ2n) is 8.14. The Kier molecular flexibility index (Phi) is 11.3. The SMILES string of the molecule is C/C=C(OC=O)\C(Oc1ccc(CCC(C)C)c(OC)c1C)=C(/C=C(C)C)COC(C)=O. The standard InChI is InChI=1S/C26H36O6/c1-9-23(31-16-27)26(22(14-18(4)5)15-30-20(7)28)32-24-13-12-21(11-10-17(2)3)25(29-8)19(24)6/h9,12-14,16-17H,10-11,15H2,1-8H3/b23-9+,26-22-. The molecule has 0 saturated heterocycles. The first-order valence-electron chi connectivity index (χ1n) is 10.8. The van der Waals surface area contributed by atoms with Gasteiger partial charge < -0.3 is 18.9 Å². The molecule has 0 spiro atoms. The number of aryl methyl sites for hydroxylation is 1. The Bertz CT molecular complexity index is 886. The Morgan fingerprint density at radius 1 is 1.16 bits per heavy atom. The molecule has 0 radical (unpaired) electrons. The molecule has 0 aliphatic carbocycles. The Hall–Kier alpha value is -3.02. The van der Waals surface area contributed by atoms with Crippen LogP contribution in [0.25, 0.3) is 0 Å². The van der Waals surface area contributed by atoms with Crippen molar-refractivity contribution in [3.8, 4) is 11.5 Å². The minimum atomic E-state index is -0.422. The van der Waals surface area contributed by atoms with E-state index in [0.717, 1.165) is 35.3 Å². The third kappa shape index (κ3) is 8.25. The number of esters is 1. The van der Waals surface area contributed by atoms with Crippen LogP contribution >= 0.6 is 0 Å². The van der Waals surface area contributed by atoms with Gasteiger partial charge in [-0.05, 0) is 64.2 Å². The van der Waals surface area contributed by atoms with Crippen molar-refractivity contribution in [1.29, 1.82) is 0 Å². The van der Waals surface area contributed by atoms with Gasteiger partial charge in [0.1, 0.15) is 18.1 Å². The van der Waals surface area contributed by atoms with E-state index in [9.17, 15) is 9.59 Å². The van der Waals surface area contributed by atoms with Crippen LogP contribution < -0.4 is 9.47 Å². The van der Waals surface area contributed by atoms with Crippen molar-refractivity contribution in [3.63, 3.8) is 0 Å². The zero-order valence-electron chi connectivity index (χ0n) is 20.5. The maximum absolute atomic E-state index is 11.4. The maximum atomic E-state index is 11.4. The van der Waals surface area contributed by atoms with Crippen LogP contribution in [0, 0.1) is 12.8 Å². The lowest BCUT2D eigenvalue weighted by atomic mass is 9.99. The fourth-order valence-electron chi connectivity index (χ4n) is 3.15. The molecule has 1 aromatic carbocycles. The molecule has 0 heterocycles. The van der Waals surface area contributed by atoms with Gasteiger partial charge in [0.15, 0.2) is 11.5 Å². The first kappa shape index (κ1) is 27.0. The Labute approximate surface area is 191 Å². The van der Waals surface area contributed by atoms with Gasteiger partial charge in [-0.1, -0.05) is 31.6 Å². The highest BCUT2D eigenvalue weighted by atomic mass is 16.6. The van der Waals surface area contributed by atoms with Crippen LogP contribution in [0.5, 0.6) is 11.5 Å². The van der Waals surface area contributed by atoms with E-state index in [2.05, 4.69) is 13.8 Å². The number of allylic oxidation sites excluding steroid dienone is 2. The van der Waals surface area contributed by atoms with Gasteiger partial charge in [-0.25, -0.2) is 0 Å². The van der Waals surface area contributed by atoms with Crippen LogP contribution in [0.3, 0.4) is 0 Å². The third-order valence-corrected chi connectivity index (χ3v) is 4.69. The molecule has 0 aliphatic heterocycles. The summed E-state index contributed by atoms with van der Waals surface area (Å²) in [5, 5.41) is 0. The first-order chi connectivity index (χ1) is 15.1. The molecule has 0 fully saturated rings. The summed E-state index contributed by atoms with van der Waals surface area (Å²) in [6, 6.07) is 3.87. The van der Waals surface area contributed by atoms with Crippen LogP contribution in [-0.2, 0) is 25.5 Å². The van der Waals surface area contributed by atoms with Gasteiger partial charge >= 0.3 is 5.97 Å². The molecule has 6 heteroatoms. The molecule has 6 nitrogen and oxygen atoms in total. The van der Waals surface area contributed by atoms with Gasteiger partial charge in [-0.15, -0.1) is 0 Å². The average Bonchev–Trinajstić information content (AvgIpc) is 2.72. The molecule has 0 N–H and O–H groups in total. The van der Waals surface area contributed by atoms with E-state index in [4.69, 9.17) is 18.9 Å². The van der Waals surface area contributed by atoms with Crippen LogP contribution in [0.4, 0.5) is 0 Å². The van der Waals surface area contributed by atoms with E-state index in [-0.39, 0.29) is 12.4 Å². The lowest BCUT2D eigenvalue weighted by Gasteiger charge is -2.20. The highest BCUT2D eigenvalue weighted by Crippen LogP contribution is 2.35. The molecule has 1 rings (SSSR count). The summed E-state index contributed by atoms with van der Waals surface area (Å²) >= 11 is 0. The number of benzene rings is 1. The Morgan fingerprint density at radius 3 is 2.34 bits per heavy atom. The summed E-state index contributed by atoms with van der Waals surface area (Å²) in [4.78, 5) is 22.6. The fourth-order valence-corrected chi connectivity index (χ4v) is 3.15. The van der Waals surface area contributed by atoms with Crippen molar-refractivity contribution in [3.05, 3.63) is 58.1 Å². The van der Waals surface area contributed by atoms with Gasteiger partial charge in [0.2, 0.25) is 0 Å². The quantitative estimate of drug-likeness (QED) is 0.175. The molecule has 0 amide bonds. The number of carbonyl (C=O) groups is 2. The molecule has 0 bridgehead atoms. The van der Waals surface area contributed by atoms with E-state index in [0.29, 0.717) is 29.5 Å². The predicted octanol–water partition coefficient (Wildman–Crippen LogP) is 5.83. The maximum Gasteiger partial charge on any atom is 0.302 e. The third-order valence-electron chi connectivity index (χ3n) is 4.69. The molecule has 176 valence electrons. The largest absolute Gasteiger partial charge is 0.496 e. The van der Waals surface area contributed by atoms with Crippen molar-refractivity contribution >= 4 is 12.4 Å². The number of methoxy groups -OCH3 is 1. The Morgan fingerprint density at radius 2 is 1.84 bits per heavy atom. The van der Waals surface area contributed by atoms with Crippen LogP contribution in [0.15, 0.2) is 46.9 Å². The first-order valence-corrected chi connectivity index (χ1v) is 10.8. The molecule has 32 heavy (non-hydrogen) atoms. The molecule has 1 aromatic rings. The van der Waals surface area contributed by atoms with E-state index in [1.54, 1.807) is 20.1 Å². The molecule has 0 aromatic heterocycles. The lowest BCUT2D eigenvalue weighted by Crippen LogP contribution is -2.12. The van der Waals surface area contributed by atoms with E-state index < -0.39 is 5.97 Å². The van der Waals surface area contributed by atoms with Crippen molar-refractivity contribution in [1.82, 2.24) is 0 Å². The second kappa shape index (κ2) is 13.4. The minimum absolute atomic E-state index is 0.0297. The van der Waals surface area contributed by atoms with Gasteiger partial charge in [0.25, 0.3) is 6.47 Å². The van der Waals surface area contributed by atoms with E-state index >= 15 is 0 Å². The van der Waals surface area contributed by atoms with Crippen LogP contribution in [0.1, 0.15) is 59.1 Å². The molecule has 0 aliphatic rings. The number of carbonyl (C=O) groups excluding carboxylic acids is 2. The smallest absolute Gasteiger partial charge is 0.302 e. The molecule has 0 saturated carbocycles. The summed E-state index contributed by atoms with van der Waals surface area (Å²) < 4.78 is 22.4. The number of rotatable bonds is 12. The zero-order valence-corrected chi connectivity index (χ0v) is 20.5. The predicted molar refractivity (Wildman–Crippen MR) is 126 cm³/mol. The van der Waals surface area contributed by atoms with E-state index in [1.165, 1.54) is 6.92 Å². The van der Waals surface area contributed by atoms with Gasteiger partial charge in [0.05, 0.1) is 7.11 Å². The number of hydrogen-bond acceptors (Lipinski definition) is 6. The second-order valence-corrected chi connectivity index (χ2v) is 8.14.